The summed E-state index contributed by atoms with van der Waals surface area (Å²) in [5, 5.41) is 0. The van der Waals surface area contributed by atoms with Gasteiger partial charge < -0.3 is 9.47 Å². The minimum absolute atomic E-state index is 0.617. The largest absolute Gasteiger partial charge is 0.494 e. The molecular formula is C29H47ClNO2+. The Morgan fingerprint density at radius 3 is 1.97 bits per heavy atom. The predicted octanol–water partition coefficient (Wildman–Crippen LogP) is 8.24. The maximum absolute atomic E-state index is 5.92. The summed E-state index contributed by atoms with van der Waals surface area (Å²) in [7, 11) is 0. The molecule has 0 amide bonds. The zero-order valence-electron chi connectivity index (χ0n) is 21.0. The van der Waals surface area contributed by atoms with E-state index in [1.807, 2.05) is 6.08 Å². The molecule has 0 radical (unpaired) electrons. The maximum atomic E-state index is 5.92. The first-order valence-electron chi connectivity index (χ1n) is 13.5. The van der Waals surface area contributed by atoms with Crippen LogP contribution >= 0.6 is 11.6 Å². The van der Waals surface area contributed by atoms with Crippen molar-refractivity contribution in [2.45, 2.75) is 96.8 Å². The number of alkyl halides is 1. The molecule has 1 aliphatic rings. The van der Waals surface area contributed by atoms with Gasteiger partial charge in [-0.05, 0) is 30.2 Å². The molecule has 0 aliphatic carbocycles. The zero-order valence-corrected chi connectivity index (χ0v) is 21.8. The van der Waals surface area contributed by atoms with Crippen molar-refractivity contribution in [3.05, 3.63) is 35.9 Å². The highest BCUT2D eigenvalue weighted by Gasteiger charge is 2.20. The number of nitrogens with zero attached hydrogens (tertiary/aromatic N) is 1. The Morgan fingerprint density at radius 2 is 1.39 bits per heavy atom. The van der Waals surface area contributed by atoms with E-state index in [2.05, 4.69) is 41.8 Å². The van der Waals surface area contributed by atoms with Crippen LogP contribution in [0.5, 0.6) is 5.75 Å². The summed E-state index contributed by atoms with van der Waals surface area (Å²) in [5.41, 5.74) is 1.15. The lowest BCUT2D eigenvalue weighted by Crippen LogP contribution is -2.16. The Hall–Kier alpha value is -1.48. The summed E-state index contributed by atoms with van der Waals surface area (Å²) in [4.78, 5) is 0. The highest BCUT2D eigenvalue weighted by molar-refractivity contribution is 6.18. The van der Waals surface area contributed by atoms with E-state index < -0.39 is 0 Å². The third-order valence-corrected chi connectivity index (χ3v) is 6.51. The highest BCUT2D eigenvalue weighted by Crippen LogP contribution is 2.16. The van der Waals surface area contributed by atoms with Gasteiger partial charge in [0.25, 0.3) is 0 Å². The van der Waals surface area contributed by atoms with E-state index in [1.54, 1.807) is 0 Å². The van der Waals surface area contributed by atoms with Crippen molar-refractivity contribution in [1.29, 1.82) is 0 Å². The van der Waals surface area contributed by atoms with Crippen molar-refractivity contribution in [3.63, 3.8) is 0 Å². The molecule has 0 bridgehead atoms. The lowest BCUT2D eigenvalue weighted by atomic mass is 10.0. The molecule has 0 spiro atoms. The second kappa shape index (κ2) is 18.9. The van der Waals surface area contributed by atoms with Gasteiger partial charge in [-0.1, -0.05) is 103 Å². The van der Waals surface area contributed by atoms with E-state index in [9.17, 15) is 0 Å². The smallest absolute Gasteiger partial charge is 0.362 e. The lowest BCUT2D eigenvalue weighted by molar-refractivity contribution is -0.512. The minimum atomic E-state index is 0.617. The van der Waals surface area contributed by atoms with E-state index in [4.69, 9.17) is 21.1 Å². The summed E-state index contributed by atoms with van der Waals surface area (Å²) in [6.07, 6.45) is 23.5. The van der Waals surface area contributed by atoms with Crippen LogP contribution in [-0.4, -0.2) is 42.7 Å². The predicted molar refractivity (Wildman–Crippen MR) is 143 cm³/mol. The van der Waals surface area contributed by atoms with Gasteiger partial charge in [-0.2, -0.15) is 4.58 Å². The van der Waals surface area contributed by atoms with Gasteiger partial charge in [-0.3, -0.25) is 0 Å². The first-order chi connectivity index (χ1) is 16.3. The number of unbranched alkanes of at least 4 members (excludes halogenated alkanes) is 13. The summed E-state index contributed by atoms with van der Waals surface area (Å²) in [6, 6.07) is 8.30. The fourth-order valence-electron chi connectivity index (χ4n) is 4.27. The maximum Gasteiger partial charge on any atom is 0.362 e. The zero-order chi connectivity index (χ0) is 23.4. The van der Waals surface area contributed by atoms with Crippen LogP contribution in [0.1, 0.15) is 102 Å². The average Bonchev–Trinajstić information content (AvgIpc) is 3.28. The fourth-order valence-corrected chi connectivity index (χ4v) is 4.47. The molecule has 1 aromatic carbocycles. The van der Waals surface area contributed by atoms with Crippen LogP contribution in [0.15, 0.2) is 30.3 Å². The average molecular weight is 477 g/mol. The van der Waals surface area contributed by atoms with Crippen LogP contribution in [0.25, 0.3) is 6.08 Å². The highest BCUT2D eigenvalue weighted by atomic mass is 35.5. The molecule has 33 heavy (non-hydrogen) atoms. The van der Waals surface area contributed by atoms with E-state index in [-0.39, 0.29) is 0 Å². The van der Waals surface area contributed by atoms with Crippen LogP contribution in [0.2, 0.25) is 0 Å². The molecule has 0 saturated carbocycles. The third-order valence-electron chi connectivity index (χ3n) is 6.34. The first-order valence-corrected chi connectivity index (χ1v) is 14.1. The molecule has 1 aromatic rings. The summed E-state index contributed by atoms with van der Waals surface area (Å²) < 4.78 is 13.8. The molecule has 1 aliphatic heterocycles. The number of hydrogen-bond acceptors (Lipinski definition) is 2. The third kappa shape index (κ3) is 13.1. The second-order valence-electron chi connectivity index (χ2n) is 9.21. The van der Waals surface area contributed by atoms with E-state index in [1.165, 1.54) is 83.5 Å². The molecule has 1 heterocycles. The van der Waals surface area contributed by atoms with Crippen molar-refractivity contribution < 1.29 is 14.0 Å². The van der Waals surface area contributed by atoms with Crippen molar-refractivity contribution >= 4 is 23.6 Å². The van der Waals surface area contributed by atoms with Crippen LogP contribution in [0.4, 0.5) is 0 Å². The first kappa shape index (κ1) is 27.8. The van der Waals surface area contributed by atoms with Crippen LogP contribution in [0, 0.1) is 0 Å². The van der Waals surface area contributed by atoms with Gasteiger partial charge >= 0.3 is 5.90 Å². The van der Waals surface area contributed by atoms with Gasteiger partial charge in [0.05, 0.1) is 18.6 Å². The Balaban J connectivity index is 1.45. The quantitative estimate of drug-likeness (QED) is 0.107. The molecule has 0 aromatic heterocycles. The summed E-state index contributed by atoms with van der Waals surface area (Å²) in [5.74, 6) is 2.48. The minimum Gasteiger partial charge on any atom is -0.494 e. The van der Waals surface area contributed by atoms with E-state index in [0.717, 1.165) is 49.9 Å². The number of halogens is 1. The molecular weight excluding hydrogens is 430 g/mol. The molecule has 0 fully saturated rings. The monoisotopic (exact) mass is 476 g/mol. The van der Waals surface area contributed by atoms with Crippen LogP contribution < -0.4 is 4.74 Å². The van der Waals surface area contributed by atoms with Crippen molar-refractivity contribution in [2.75, 3.05) is 32.2 Å². The number of rotatable bonds is 20. The van der Waals surface area contributed by atoms with Gasteiger partial charge in [0.15, 0.2) is 19.7 Å². The SMILES string of the molecule is CCCCCCCCCCCCCCCCOc1ccc(/C=C/C2=[N+](CCCl)CCO2)cc1. The van der Waals surface area contributed by atoms with Gasteiger partial charge in [-0.25, -0.2) is 0 Å². The van der Waals surface area contributed by atoms with E-state index >= 15 is 0 Å². The Bertz CT molecular complexity index is 669. The number of ether oxygens (including phenoxy) is 2. The Morgan fingerprint density at radius 1 is 0.818 bits per heavy atom. The molecule has 186 valence electrons. The van der Waals surface area contributed by atoms with Crippen LogP contribution in [0.3, 0.4) is 0 Å². The fraction of sp³-hybridized carbons (Fsp3) is 0.690. The molecule has 0 unspecified atom stereocenters. The van der Waals surface area contributed by atoms with Gasteiger partial charge in [0.2, 0.25) is 0 Å². The van der Waals surface area contributed by atoms with Crippen LogP contribution in [-0.2, 0) is 4.74 Å². The lowest BCUT2D eigenvalue weighted by Gasteiger charge is -2.06. The summed E-state index contributed by atoms with van der Waals surface area (Å²) >= 11 is 5.85. The van der Waals surface area contributed by atoms with Gasteiger partial charge in [0, 0.05) is 0 Å². The molecule has 2 rings (SSSR count). The Kier molecular flexibility index (Phi) is 15.9. The van der Waals surface area contributed by atoms with Gasteiger partial charge in [0.1, 0.15) is 5.75 Å². The number of benzene rings is 1. The van der Waals surface area contributed by atoms with Gasteiger partial charge in [-0.15, -0.1) is 11.6 Å². The van der Waals surface area contributed by atoms with Crippen molar-refractivity contribution in [3.8, 4) is 5.75 Å². The van der Waals surface area contributed by atoms with Crippen molar-refractivity contribution in [2.24, 2.45) is 0 Å². The second-order valence-corrected chi connectivity index (χ2v) is 9.59. The molecule has 0 N–H and O–H groups in total. The van der Waals surface area contributed by atoms with Crippen molar-refractivity contribution in [1.82, 2.24) is 0 Å². The molecule has 0 atom stereocenters. The standard InChI is InChI=1S/C29H47ClNO2/c1-2-3-4-5-6-7-8-9-10-11-12-13-14-15-25-32-28-19-16-27(17-20-28)18-21-29-31(23-22-30)24-26-33-29/h16-21H,2-15,22-26H2,1H3/q+1/b21-18+. The normalized spacial score (nSPS) is 13.8. The molecule has 4 heteroatoms. The Labute approximate surface area is 208 Å². The van der Waals surface area contributed by atoms with E-state index in [0.29, 0.717) is 5.88 Å². The summed E-state index contributed by atoms with van der Waals surface area (Å²) in [6.45, 7) is 5.58. The molecule has 3 nitrogen and oxygen atoms in total. The molecule has 0 saturated heterocycles. The topological polar surface area (TPSA) is 21.5 Å². The number of hydrogen-bond donors (Lipinski definition) is 0.